The Bertz CT molecular complexity index is 1350. The molecule has 0 aliphatic heterocycles. The minimum absolute atomic E-state index is 0.0578. The smallest absolute Gasteiger partial charge is 0.338 e. The molecule has 10 heteroatoms. The molecule has 0 heterocycles. The number of primary amides is 1. The zero-order valence-corrected chi connectivity index (χ0v) is 25.9. The van der Waals surface area contributed by atoms with Crippen LogP contribution in [0.5, 0.6) is 5.75 Å². The topological polar surface area (TPSA) is 137 Å². The molecule has 2 atom stereocenters. The van der Waals surface area contributed by atoms with Crippen molar-refractivity contribution in [2.24, 2.45) is 11.5 Å². The molecule has 0 aliphatic rings. The lowest BCUT2D eigenvalue weighted by molar-refractivity contribution is 0.0256. The summed E-state index contributed by atoms with van der Waals surface area (Å²) in [5.41, 5.74) is 13.5. The standard InChI is InChI=1S/C33H42N4O5S/c1-4-14-37(15-5-2)32(39)25-17-24(31(35)38)18-26(19-25)33(40)42-30(29(34)22-43-28-12-7-6-8-13-28)21-36-20-23-10-9-11-27(16-23)41-3/h6-13,16-19,29-30,36H,4-5,14-15,20-22,34H2,1-3H3,(H2,35,38)/t29-,30+/m0/s1. The summed E-state index contributed by atoms with van der Waals surface area (Å²) in [5.74, 6) is -0.462. The zero-order valence-electron chi connectivity index (χ0n) is 25.1. The largest absolute Gasteiger partial charge is 0.497 e. The number of amides is 2. The molecule has 3 aromatic rings. The Balaban J connectivity index is 1.82. The fraction of sp³-hybridized carbons (Fsp3) is 0.364. The fourth-order valence-electron chi connectivity index (χ4n) is 4.49. The monoisotopic (exact) mass is 606 g/mol. The van der Waals surface area contributed by atoms with Crippen molar-refractivity contribution in [1.82, 2.24) is 10.2 Å². The molecule has 0 unspecified atom stereocenters. The number of methoxy groups -OCH3 is 1. The first kappa shape index (κ1) is 33.6. The van der Waals surface area contributed by atoms with Crippen LogP contribution in [0.15, 0.2) is 77.7 Å². The van der Waals surface area contributed by atoms with Crippen molar-refractivity contribution in [1.29, 1.82) is 0 Å². The molecule has 230 valence electrons. The number of nitrogens with one attached hydrogen (secondary N) is 1. The number of benzene rings is 3. The van der Waals surface area contributed by atoms with Crippen molar-refractivity contribution in [2.45, 2.75) is 50.3 Å². The summed E-state index contributed by atoms with van der Waals surface area (Å²) in [4.78, 5) is 41.7. The van der Waals surface area contributed by atoms with Crippen molar-refractivity contribution >= 4 is 29.5 Å². The van der Waals surface area contributed by atoms with Gasteiger partial charge in [-0.25, -0.2) is 4.79 Å². The predicted molar refractivity (Wildman–Crippen MR) is 170 cm³/mol. The average Bonchev–Trinajstić information content (AvgIpc) is 3.03. The van der Waals surface area contributed by atoms with Crippen LogP contribution in [-0.4, -0.2) is 67.3 Å². The minimum Gasteiger partial charge on any atom is -0.497 e. The molecule has 3 aromatic carbocycles. The van der Waals surface area contributed by atoms with Gasteiger partial charge in [0, 0.05) is 48.0 Å². The highest BCUT2D eigenvalue weighted by molar-refractivity contribution is 7.99. The van der Waals surface area contributed by atoms with Crippen molar-refractivity contribution in [3.05, 3.63) is 95.1 Å². The molecule has 9 nitrogen and oxygen atoms in total. The lowest BCUT2D eigenvalue weighted by atomic mass is 10.0. The Labute approximate surface area is 258 Å². The highest BCUT2D eigenvalue weighted by atomic mass is 32.2. The van der Waals surface area contributed by atoms with E-state index in [-0.39, 0.29) is 29.1 Å². The highest BCUT2D eigenvalue weighted by Crippen LogP contribution is 2.21. The maximum atomic E-state index is 13.5. The summed E-state index contributed by atoms with van der Waals surface area (Å²) in [5, 5.41) is 3.33. The number of thioether (sulfide) groups is 1. The van der Waals surface area contributed by atoms with Gasteiger partial charge in [-0.15, -0.1) is 11.8 Å². The third-order valence-corrected chi connectivity index (χ3v) is 7.86. The summed E-state index contributed by atoms with van der Waals surface area (Å²) < 4.78 is 11.3. The molecule has 0 saturated heterocycles. The molecular formula is C33H42N4O5S. The van der Waals surface area contributed by atoms with Crippen molar-refractivity contribution in [3.63, 3.8) is 0 Å². The second-order valence-corrected chi connectivity index (χ2v) is 11.3. The molecule has 0 fully saturated rings. The SMILES string of the molecule is CCCN(CCC)C(=O)c1cc(C(N)=O)cc(C(=O)O[C@H](CNCc2cccc(OC)c2)[C@@H](N)CSc2ccccc2)c1. The van der Waals surface area contributed by atoms with E-state index in [4.69, 9.17) is 20.9 Å². The number of nitrogens with zero attached hydrogens (tertiary/aromatic N) is 1. The van der Waals surface area contributed by atoms with Gasteiger partial charge in [-0.2, -0.15) is 0 Å². The van der Waals surface area contributed by atoms with Gasteiger partial charge >= 0.3 is 5.97 Å². The number of ether oxygens (including phenoxy) is 2. The molecule has 0 aromatic heterocycles. The zero-order chi connectivity index (χ0) is 31.2. The van der Waals surface area contributed by atoms with Crippen LogP contribution in [0.2, 0.25) is 0 Å². The van der Waals surface area contributed by atoms with E-state index in [2.05, 4.69) is 5.32 Å². The molecule has 0 saturated carbocycles. The summed E-state index contributed by atoms with van der Waals surface area (Å²) in [6.45, 7) is 5.87. The Kier molecular flexibility index (Phi) is 13.5. The van der Waals surface area contributed by atoms with Gasteiger partial charge in [-0.1, -0.05) is 44.2 Å². The highest BCUT2D eigenvalue weighted by Gasteiger charge is 2.25. The molecule has 0 bridgehead atoms. The number of nitrogens with two attached hydrogens (primary N) is 2. The maximum absolute atomic E-state index is 13.5. The van der Waals surface area contributed by atoms with E-state index in [0.29, 0.717) is 25.4 Å². The molecule has 0 spiro atoms. The quantitative estimate of drug-likeness (QED) is 0.151. The van der Waals surface area contributed by atoms with Crippen LogP contribution in [0, 0.1) is 0 Å². The number of carbonyl (C=O) groups is 3. The minimum atomic E-state index is -0.742. The van der Waals surface area contributed by atoms with Gasteiger partial charge in [-0.05, 0) is 60.9 Å². The van der Waals surface area contributed by atoms with E-state index >= 15 is 0 Å². The van der Waals surface area contributed by atoms with Gasteiger partial charge < -0.3 is 31.2 Å². The second-order valence-electron chi connectivity index (χ2n) is 10.2. The van der Waals surface area contributed by atoms with Crippen LogP contribution in [0.1, 0.15) is 63.3 Å². The number of hydrogen-bond donors (Lipinski definition) is 3. The Hall–Kier alpha value is -3.86. The summed E-state index contributed by atoms with van der Waals surface area (Å²) in [6.07, 6.45) is 0.848. The molecular weight excluding hydrogens is 564 g/mol. The Morgan fingerprint density at radius 3 is 2.23 bits per heavy atom. The van der Waals surface area contributed by atoms with Gasteiger partial charge in [0.25, 0.3) is 5.91 Å². The van der Waals surface area contributed by atoms with Crippen molar-refractivity contribution in [2.75, 3.05) is 32.5 Å². The molecule has 2 amide bonds. The Morgan fingerprint density at radius 2 is 1.58 bits per heavy atom. The lowest BCUT2D eigenvalue weighted by Gasteiger charge is -2.25. The molecule has 43 heavy (non-hydrogen) atoms. The van der Waals surface area contributed by atoms with Crippen molar-refractivity contribution < 1.29 is 23.9 Å². The predicted octanol–water partition coefficient (Wildman–Crippen LogP) is 4.49. The van der Waals surface area contributed by atoms with Crippen LogP contribution in [0.4, 0.5) is 0 Å². The van der Waals surface area contributed by atoms with Crippen LogP contribution >= 0.6 is 11.8 Å². The van der Waals surface area contributed by atoms with E-state index in [1.807, 2.05) is 68.4 Å². The lowest BCUT2D eigenvalue weighted by Crippen LogP contribution is -2.46. The number of rotatable bonds is 17. The van der Waals surface area contributed by atoms with E-state index in [1.165, 1.54) is 18.2 Å². The summed E-state index contributed by atoms with van der Waals surface area (Å²) >= 11 is 1.57. The van der Waals surface area contributed by atoms with Gasteiger partial charge in [0.1, 0.15) is 11.9 Å². The van der Waals surface area contributed by atoms with E-state index in [1.54, 1.807) is 23.8 Å². The van der Waals surface area contributed by atoms with Crippen LogP contribution in [-0.2, 0) is 11.3 Å². The Morgan fingerprint density at radius 1 is 0.907 bits per heavy atom. The van der Waals surface area contributed by atoms with E-state index in [9.17, 15) is 14.4 Å². The molecule has 0 aliphatic carbocycles. The molecule has 3 rings (SSSR count). The van der Waals surface area contributed by atoms with Gasteiger partial charge in [-0.3, -0.25) is 9.59 Å². The second kappa shape index (κ2) is 17.3. The maximum Gasteiger partial charge on any atom is 0.338 e. The molecule has 0 radical (unpaired) electrons. The summed E-state index contributed by atoms with van der Waals surface area (Å²) in [7, 11) is 1.61. The third-order valence-electron chi connectivity index (χ3n) is 6.70. The average molecular weight is 607 g/mol. The van der Waals surface area contributed by atoms with E-state index < -0.39 is 24.0 Å². The van der Waals surface area contributed by atoms with Crippen molar-refractivity contribution in [3.8, 4) is 5.75 Å². The van der Waals surface area contributed by atoms with Crippen LogP contribution in [0.25, 0.3) is 0 Å². The van der Waals surface area contributed by atoms with Gasteiger partial charge in [0.05, 0.1) is 18.7 Å². The number of hydrogen-bond acceptors (Lipinski definition) is 8. The first-order valence-electron chi connectivity index (χ1n) is 14.5. The van der Waals surface area contributed by atoms with Crippen LogP contribution in [0.3, 0.4) is 0 Å². The third kappa shape index (κ3) is 10.4. The van der Waals surface area contributed by atoms with Gasteiger partial charge in [0.2, 0.25) is 5.91 Å². The molecule has 5 N–H and O–H groups in total. The summed E-state index contributed by atoms with van der Waals surface area (Å²) in [6, 6.07) is 21.2. The van der Waals surface area contributed by atoms with E-state index in [0.717, 1.165) is 29.1 Å². The first-order chi connectivity index (χ1) is 20.7. The first-order valence-corrected chi connectivity index (χ1v) is 15.5. The normalized spacial score (nSPS) is 12.3. The number of esters is 1. The van der Waals surface area contributed by atoms with Crippen LogP contribution < -0.4 is 21.5 Å². The van der Waals surface area contributed by atoms with Gasteiger partial charge in [0.15, 0.2) is 0 Å². The number of carbonyl (C=O) groups excluding carboxylic acids is 3. The fourth-order valence-corrected chi connectivity index (χ4v) is 5.44.